The topological polar surface area (TPSA) is 96.0 Å². The van der Waals surface area contributed by atoms with Crippen LogP contribution in [0.25, 0.3) is 0 Å². The Balaban J connectivity index is 2.41. The van der Waals surface area contributed by atoms with Gasteiger partial charge in [0.1, 0.15) is 18.3 Å². The predicted octanol–water partition coefficient (Wildman–Crippen LogP) is 2.59. The van der Waals surface area contributed by atoms with E-state index in [4.69, 9.17) is 16.3 Å². The van der Waals surface area contributed by atoms with Gasteiger partial charge in [0, 0.05) is 13.6 Å². The highest BCUT2D eigenvalue weighted by atomic mass is 35.5. The molecule has 2 aromatic carbocycles. The molecule has 32 heavy (non-hydrogen) atoms. The van der Waals surface area contributed by atoms with Gasteiger partial charge in [-0.05, 0) is 37.6 Å². The fourth-order valence-corrected chi connectivity index (χ4v) is 4.32. The Morgan fingerprint density at radius 2 is 1.88 bits per heavy atom. The van der Waals surface area contributed by atoms with E-state index in [1.54, 1.807) is 6.92 Å². The molecule has 2 aromatic rings. The third-order valence-corrected chi connectivity index (χ3v) is 6.39. The van der Waals surface area contributed by atoms with E-state index in [9.17, 15) is 18.0 Å². The van der Waals surface area contributed by atoms with Crippen molar-refractivity contribution in [1.82, 2.24) is 10.2 Å². The summed E-state index contributed by atoms with van der Waals surface area (Å²) >= 11 is 6.16. The van der Waals surface area contributed by atoms with Crippen LogP contribution < -0.4 is 14.4 Å². The van der Waals surface area contributed by atoms with Gasteiger partial charge >= 0.3 is 0 Å². The quantitative estimate of drug-likeness (QED) is 0.594. The van der Waals surface area contributed by atoms with Gasteiger partial charge < -0.3 is 15.0 Å². The monoisotopic (exact) mass is 481 g/mol. The van der Waals surface area contributed by atoms with Crippen molar-refractivity contribution in [3.8, 4) is 5.75 Å². The van der Waals surface area contributed by atoms with Crippen LogP contribution in [0.3, 0.4) is 0 Å². The van der Waals surface area contributed by atoms with Crippen LogP contribution >= 0.6 is 11.6 Å². The molecule has 8 nitrogen and oxygen atoms in total. The van der Waals surface area contributed by atoms with Gasteiger partial charge in [0.15, 0.2) is 0 Å². The second-order valence-electron chi connectivity index (χ2n) is 7.39. The van der Waals surface area contributed by atoms with E-state index in [0.29, 0.717) is 5.75 Å². The fraction of sp³-hybridized carbons (Fsp3) is 0.364. The van der Waals surface area contributed by atoms with E-state index in [-0.39, 0.29) is 23.2 Å². The summed E-state index contributed by atoms with van der Waals surface area (Å²) < 4.78 is 31.1. The Morgan fingerprint density at radius 3 is 2.41 bits per heavy atom. The number of amides is 2. The fourth-order valence-electron chi connectivity index (χ4n) is 3.22. The lowest BCUT2D eigenvalue weighted by molar-refractivity contribution is -0.139. The summed E-state index contributed by atoms with van der Waals surface area (Å²) in [5.41, 5.74) is 2.05. The number of aryl methyl sites for hydroxylation is 1. The van der Waals surface area contributed by atoms with Crippen LogP contribution in [0.1, 0.15) is 18.1 Å². The minimum absolute atomic E-state index is 0.149. The molecule has 0 saturated carbocycles. The first kappa shape index (κ1) is 25.5. The number of nitrogens with zero attached hydrogens (tertiary/aromatic N) is 2. The summed E-state index contributed by atoms with van der Waals surface area (Å²) in [4.78, 5) is 27.0. The Labute approximate surface area is 194 Å². The molecular weight excluding hydrogens is 454 g/mol. The number of carbonyl (C=O) groups excluding carboxylic acids is 2. The first-order valence-electron chi connectivity index (χ1n) is 9.85. The number of carbonyl (C=O) groups is 2. The Bertz CT molecular complexity index is 1090. The maximum atomic E-state index is 13.3. The number of anilines is 1. The van der Waals surface area contributed by atoms with Crippen LogP contribution in [0.4, 0.5) is 5.69 Å². The molecule has 1 unspecified atom stereocenters. The van der Waals surface area contributed by atoms with Crippen molar-refractivity contribution >= 4 is 39.1 Å². The summed E-state index contributed by atoms with van der Waals surface area (Å²) in [7, 11) is -0.899. The molecule has 0 aliphatic rings. The minimum Gasteiger partial charge on any atom is -0.495 e. The number of nitrogens with one attached hydrogen (secondary N) is 1. The van der Waals surface area contributed by atoms with Crippen LogP contribution in [-0.2, 0) is 26.2 Å². The third-order valence-electron chi connectivity index (χ3n) is 4.95. The molecule has 0 saturated heterocycles. The van der Waals surface area contributed by atoms with Gasteiger partial charge in [-0.3, -0.25) is 13.9 Å². The molecule has 0 aliphatic carbocycles. The van der Waals surface area contributed by atoms with E-state index >= 15 is 0 Å². The van der Waals surface area contributed by atoms with E-state index in [1.807, 2.05) is 31.2 Å². The van der Waals surface area contributed by atoms with Crippen molar-refractivity contribution in [2.45, 2.75) is 26.4 Å². The van der Waals surface area contributed by atoms with E-state index < -0.39 is 28.5 Å². The largest absolute Gasteiger partial charge is 0.495 e. The van der Waals surface area contributed by atoms with E-state index in [1.165, 1.54) is 37.3 Å². The Morgan fingerprint density at radius 1 is 1.19 bits per heavy atom. The molecule has 0 heterocycles. The van der Waals surface area contributed by atoms with Crippen LogP contribution in [0, 0.1) is 6.92 Å². The van der Waals surface area contributed by atoms with Crippen molar-refractivity contribution in [3.63, 3.8) is 0 Å². The van der Waals surface area contributed by atoms with Crippen molar-refractivity contribution in [3.05, 3.63) is 58.6 Å². The standard InChI is InChI=1S/C22H28ClN3O5S/c1-15-7-6-8-17(11-15)13-25(16(2)22(28)24-3)21(27)14-26(32(5,29)30)18-9-10-20(31-4)19(23)12-18/h6-12,16H,13-14H2,1-5H3,(H,24,28). The predicted molar refractivity (Wildman–Crippen MR) is 125 cm³/mol. The number of sulfonamides is 1. The highest BCUT2D eigenvalue weighted by molar-refractivity contribution is 7.92. The average Bonchev–Trinajstić information content (AvgIpc) is 2.73. The summed E-state index contributed by atoms with van der Waals surface area (Å²) in [6.45, 7) is 3.18. The van der Waals surface area contributed by atoms with Crippen LogP contribution in [0.2, 0.25) is 5.02 Å². The number of halogens is 1. The molecule has 1 atom stereocenters. The maximum absolute atomic E-state index is 13.3. The summed E-state index contributed by atoms with van der Waals surface area (Å²) in [6.07, 6.45) is 1.01. The van der Waals surface area contributed by atoms with Gasteiger partial charge in [0.05, 0.1) is 24.1 Å². The van der Waals surface area contributed by atoms with E-state index in [0.717, 1.165) is 21.7 Å². The second-order valence-corrected chi connectivity index (χ2v) is 9.70. The van der Waals surface area contributed by atoms with Crippen molar-refractivity contribution < 1.29 is 22.7 Å². The van der Waals surface area contributed by atoms with Crippen molar-refractivity contribution in [2.75, 3.05) is 31.3 Å². The minimum atomic E-state index is -3.83. The molecule has 0 bridgehead atoms. The average molecular weight is 482 g/mol. The summed E-state index contributed by atoms with van der Waals surface area (Å²) in [5, 5.41) is 2.75. The molecule has 10 heteroatoms. The van der Waals surface area contributed by atoms with Gasteiger partial charge in [-0.1, -0.05) is 41.4 Å². The van der Waals surface area contributed by atoms with Crippen molar-refractivity contribution in [1.29, 1.82) is 0 Å². The highest BCUT2D eigenvalue weighted by Gasteiger charge is 2.30. The van der Waals surface area contributed by atoms with Gasteiger partial charge in [-0.25, -0.2) is 8.42 Å². The lowest BCUT2D eigenvalue weighted by atomic mass is 10.1. The molecule has 0 aliphatic heterocycles. The first-order valence-corrected chi connectivity index (χ1v) is 12.1. The number of hydrogen-bond acceptors (Lipinski definition) is 5. The van der Waals surface area contributed by atoms with E-state index in [2.05, 4.69) is 5.32 Å². The number of ether oxygens (including phenoxy) is 1. The number of methoxy groups -OCH3 is 1. The van der Waals surface area contributed by atoms with Gasteiger partial charge in [0.2, 0.25) is 21.8 Å². The highest BCUT2D eigenvalue weighted by Crippen LogP contribution is 2.30. The Kier molecular flexibility index (Phi) is 8.51. The normalized spacial score (nSPS) is 12.1. The third kappa shape index (κ3) is 6.37. The lowest BCUT2D eigenvalue weighted by Crippen LogP contribution is -2.50. The van der Waals surface area contributed by atoms with Crippen LogP contribution in [0.5, 0.6) is 5.75 Å². The second kappa shape index (κ2) is 10.7. The van der Waals surface area contributed by atoms with Crippen molar-refractivity contribution in [2.24, 2.45) is 0 Å². The number of likely N-dealkylation sites (N-methyl/N-ethyl adjacent to an activating group) is 1. The van der Waals surface area contributed by atoms with Gasteiger partial charge in [-0.15, -0.1) is 0 Å². The molecule has 1 N–H and O–H groups in total. The zero-order valence-electron chi connectivity index (χ0n) is 18.8. The summed E-state index contributed by atoms with van der Waals surface area (Å²) in [6, 6.07) is 11.2. The summed E-state index contributed by atoms with van der Waals surface area (Å²) in [5.74, 6) is -0.506. The molecule has 0 fully saturated rings. The van der Waals surface area contributed by atoms with Crippen LogP contribution in [0.15, 0.2) is 42.5 Å². The van der Waals surface area contributed by atoms with Gasteiger partial charge in [-0.2, -0.15) is 0 Å². The molecule has 2 amide bonds. The molecule has 2 rings (SSSR count). The SMILES string of the molecule is CNC(=O)C(C)N(Cc1cccc(C)c1)C(=O)CN(c1ccc(OC)c(Cl)c1)S(C)(=O)=O. The zero-order chi connectivity index (χ0) is 24.1. The molecular formula is C22H28ClN3O5S. The van der Waals surface area contributed by atoms with Crippen LogP contribution in [-0.4, -0.2) is 58.1 Å². The Hall–Kier alpha value is -2.78. The number of rotatable bonds is 9. The molecule has 174 valence electrons. The number of benzene rings is 2. The zero-order valence-corrected chi connectivity index (χ0v) is 20.3. The first-order chi connectivity index (χ1) is 15.0. The molecule has 0 spiro atoms. The number of hydrogen-bond donors (Lipinski definition) is 1. The smallest absolute Gasteiger partial charge is 0.244 e. The molecule has 0 aromatic heterocycles. The molecule has 0 radical (unpaired) electrons. The van der Waals surface area contributed by atoms with Gasteiger partial charge in [0.25, 0.3) is 0 Å². The maximum Gasteiger partial charge on any atom is 0.244 e. The lowest BCUT2D eigenvalue weighted by Gasteiger charge is -2.31.